The minimum absolute atomic E-state index is 0.0266. The molecule has 0 saturated carbocycles. The average Bonchev–Trinajstić information content (AvgIpc) is 2.83. The molecule has 1 heterocycles. The fourth-order valence-electron chi connectivity index (χ4n) is 3.61. The summed E-state index contributed by atoms with van der Waals surface area (Å²) in [5.74, 6) is 0.0631. The van der Waals surface area contributed by atoms with Gasteiger partial charge in [-0.3, -0.25) is 9.36 Å². The van der Waals surface area contributed by atoms with Crippen LogP contribution in [0.15, 0.2) is 44.2 Å². The third-order valence-electron chi connectivity index (χ3n) is 5.65. The Labute approximate surface area is 217 Å². The lowest BCUT2D eigenvalue weighted by atomic mass is 10.0. The van der Waals surface area contributed by atoms with Crippen molar-refractivity contribution >= 4 is 21.4 Å². The van der Waals surface area contributed by atoms with Gasteiger partial charge >= 0.3 is 0 Å². The van der Waals surface area contributed by atoms with E-state index in [9.17, 15) is 23.6 Å². The second kappa shape index (κ2) is 14.0. The number of sulfonamides is 1. The quantitative estimate of drug-likeness (QED) is 0.246. The number of nitrogens with zero attached hydrogens (tertiary/aromatic N) is 4. The predicted molar refractivity (Wildman–Crippen MR) is 139 cm³/mol. The van der Waals surface area contributed by atoms with Gasteiger partial charge in [-0.15, -0.1) is 5.11 Å². The third-order valence-corrected chi connectivity index (χ3v) is 7.26. The Morgan fingerprint density at radius 1 is 1.14 bits per heavy atom. The fraction of sp³-hybridized carbons (Fsp3) is 0.520. The van der Waals surface area contributed by atoms with Crippen LogP contribution in [-0.4, -0.2) is 49.1 Å². The summed E-state index contributed by atoms with van der Waals surface area (Å²) in [7, 11) is -3.71. The molecule has 0 bridgehead atoms. The molecular formula is C25H35N5O6S. The van der Waals surface area contributed by atoms with Crippen molar-refractivity contribution < 1.29 is 23.4 Å². The number of rotatable bonds is 14. The van der Waals surface area contributed by atoms with E-state index in [0.717, 1.165) is 23.8 Å². The Kier molecular flexibility index (Phi) is 11.4. The van der Waals surface area contributed by atoms with Gasteiger partial charge in [0.05, 0.1) is 36.9 Å². The molecule has 0 radical (unpaired) electrons. The van der Waals surface area contributed by atoms with E-state index in [2.05, 4.69) is 28.8 Å². The largest absolute Gasteiger partial charge is 0.493 e. The smallest absolute Gasteiger partial charge is 0.281 e. The van der Waals surface area contributed by atoms with Crippen LogP contribution in [0.1, 0.15) is 51.2 Å². The number of benzene rings is 1. The van der Waals surface area contributed by atoms with Crippen LogP contribution in [0, 0.1) is 24.2 Å². The van der Waals surface area contributed by atoms with Gasteiger partial charge in [0.25, 0.3) is 5.56 Å². The minimum Gasteiger partial charge on any atom is -0.493 e. The highest BCUT2D eigenvalue weighted by Crippen LogP contribution is 2.27. The van der Waals surface area contributed by atoms with Crippen molar-refractivity contribution in [3.63, 3.8) is 0 Å². The van der Waals surface area contributed by atoms with E-state index in [4.69, 9.17) is 9.84 Å². The highest BCUT2D eigenvalue weighted by Gasteiger charge is 2.20. The first-order chi connectivity index (χ1) is 17.5. The van der Waals surface area contributed by atoms with Crippen LogP contribution in [-0.2, 0) is 21.3 Å². The van der Waals surface area contributed by atoms with E-state index in [1.807, 2.05) is 13.0 Å². The highest BCUT2D eigenvalue weighted by atomic mass is 32.2. The summed E-state index contributed by atoms with van der Waals surface area (Å²) >= 11 is 0. The molecule has 0 saturated heterocycles. The second-order valence-corrected chi connectivity index (χ2v) is 10.8. The maximum Gasteiger partial charge on any atom is 0.281 e. The molecule has 0 spiro atoms. The molecule has 202 valence electrons. The zero-order chi connectivity index (χ0) is 27.6. The molecule has 1 aromatic carbocycles. The molecule has 1 unspecified atom stereocenters. The topological polar surface area (TPSA) is 166 Å². The van der Waals surface area contributed by atoms with Crippen molar-refractivity contribution in [1.82, 2.24) is 9.29 Å². The molecule has 0 aliphatic heterocycles. The molecule has 0 aliphatic carbocycles. The first-order valence-corrected chi connectivity index (χ1v) is 13.6. The summed E-state index contributed by atoms with van der Waals surface area (Å²) in [5, 5.41) is 36.7. The number of azo groups is 1. The average molecular weight is 534 g/mol. The number of hydrogen-bond acceptors (Lipinski definition) is 9. The van der Waals surface area contributed by atoms with E-state index in [1.54, 1.807) is 0 Å². The highest BCUT2D eigenvalue weighted by molar-refractivity contribution is 7.89. The number of nitriles is 1. The van der Waals surface area contributed by atoms with Crippen LogP contribution < -0.4 is 10.3 Å². The lowest BCUT2D eigenvalue weighted by Crippen LogP contribution is -2.32. The first-order valence-electron chi connectivity index (χ1n) is 12.1. The third kappa shape index (κ3) is 8.46. The van der Waals surface area contributed by atoms with Gasteiger partial charge in [-0.1, -0.05) is 26.7 Å². The molecule has 2 rings (SSSR count). The van der Waals surface area contributed by atoms with Gasteiger partial charge < -0.3 is 14.9 Å². The van der Waals surface area contributed by atoms with E-state index in [0.29, 0.717) is 11.6 Å². The Hall–Kier alpha value is -3.11. The Morgan fingerprint density at radius 3 is 2.41 bits per heavy atom. The van der Waals surface area contributed by atoms with Gasteiger partial charge in [-0.2, -0.15) is 10.4 Å². The zero-order valence-corrected chi connectivity index (χ0v) is 22.5. The van der Waals surface area contributed by atoms with Crippen LogP contribution in [0.3, 0.4) is 0 Å². The Morgan fingerprint density at radius 2 is 1.81 bits per heavy atom. The number of nitrogens with one attached hydrogen (secondary N) is 1. The van der Waals surface area contributed by atoms with Crippen molar-refractivity contribution in [3.8, 4) is 11.9 Å². The maximum absolute atomic E-state index is 12.9. The summed E-state index contributed by atoms with van der Waals surface area (Å²) in [6.45, 7) is 7.42. The fourth-order valence-corrected chi connectivity index (χ4v) is 4.89. The van der Waals surface area contributed by atoms with Gasteiger partial charge in [-0.05, 0) is 50.5 Å². The van der Waals surface area contributed by atoms with Crippen LogP contribution in [0.25, 0.3) is 0 Å². The van der Waals surface area contributed by atoms with Gasteiger partial charge in [0.2, 0.25) is 15.9 Å². The minimum atomic E-state index is -3.71. The molecule has 11 nitrogen and oxygen atoms in total. The van der Waals surface area contributed by atoms with Gasteiger partial charge in [-0.25, -0.2) is 13.1 Å². The summed E-state index contributed by atoms with van der Waals surface area (Å²) < 4.78 is 34.2. The van der Waals surface area contributed by atoms with E-state index >= 15 is 0 Å². The standard InChI is InChI=1S/C25H35N5O6S/c1-17(2)6-5-7-18(3)29-37(34,35)21-10-8-20(9-11-21)27-28-23-19(4)22(16-26)24(32)30(25(23)33)12-14-36-15-13-31/h8-11,17-18,29,31-32H,5-7,12-15H2,1-4H3. The van der Waals surface area contributed by atoms with Crippen molar-refractivity contribution in [3.05, 3.63) is 45.7 Å². The molecule has 0 amide bonds. The monoisotopic (exact) mass is 533 g/mol. The maximum atomic E-state index is 12.9. The Bertz CT molecular complexity index is 1280. The molecule has 3 N–H and O–H groups in total. The zero-order valence-electron chi connectivity index (χ0n) is 21.6. The number of pyridine rings is 1. The summed E-state index contributed by atoms with van der Waals surface area (Å²) in [6, 6.07) is 7.39. The lowest BCUT2D eigenvalue weighted by Gasteiger charge is -2.15. The molecule has 37 heavy (non-hydrogen) atoms. The van der Waals surface area contributed by atoms with Gasteiger partial charge in [0.1, 0.15) is 11.6 Å². The van der Waals surface area contributed by atoms with E-state index in [-0.39, 0.29) is 54.1 Å². The molecule has 2 aromatic rings. The normalized spacial score (nSPS) is 12.8. The summed E-state index contributed by atoms with van der Waals surface area (Å²) in [5.41, 5.74) is -0.459. The molecule has 0 aliphatic rings. The molecular weight excluding hydrogens is 498 g/mol. The van der Waals surface area contributed by atoms with Gasteiger partial charge in [0, 0.05) is 11.6 Å². The van der Waals surface area contributed by atoms with Crippen LogP contribution in [0.5, 0.6) is 5.88 Å². The summed E-state index contributed by atoms with van der Waals surface area (Å²) in [6.07, 6.45) is 2.71. The van der Waals surface area contributed by atoms with Crippen LogP contribution in [0.2, 0.25) is 0 Å². The van der Waals surface area contributed by atoms with Crippen LogP contribution in [0.4, 0.5) is 11.4 Å². The first kappa shape index (κ1) is 30.1. The molecule has 0 fully saturated rings. The van der Waals surface area contributed by atoms with Crippen molar-refractivity contribution in [2.75, 3.05) is 19.8 Å². The number of aliphatic hydroxyl groups excluding tert-OH is 1. The Balaban J connectivity index is 2.22. The van der Waals surface area contributed by atoms with E-state index in [1.165, 1.54) is 31.2 Å². The lowest BCUT2D eigenvalue weighted by molar-refractivity contribution is 0.0854. The number of hydrogen-bond donors (Lipinski definition) is 3. The van der Waals surface area contributed by atoms with Crippen LogP contribution >= 0.6 is 0 Å². The van der Waals surface area contributed by atoms with Gasteiger partial charge in [0.15, 0.2) is 5.69 Å². The number of aliphatic hydroxyl groups is 1. The molecule has 1 atom stereocenters. The van der Waals surface area contributed by atoms with Crippen molar-refractivity contribution in [2.45, 2.75) is 64.4 Å². The second-order valence-electron chi connectivity index (χ2n) is 9.12. The molecule has 1 aromatic heterocycles. The SMILES string of the molecule is Cc1c(C#N)c(O)n(CCOCCO)c(=O)c1N=Nc1ccc(S(=O)(=O)NC(C)CCCC(C)C)cc1. The van der Waals surface area contributed by atoms with Crippen molar-refractivity contribution in [1.29, 1.82) is 5.26 Å². The van der Waals surface area contributed by atoms with E-state index < -0.39 is 21.5 Å². The number of ether oxygens (including phenoxy) is 1. The number of aromatic hydroxyl groups is 1. The number of aromatic nitrogens is 1. The predicted octanol–water partition coefficient (Wildman–Crippen LogP) is 3.65. The summed E-state index contributed by atoms with van der Waals surface area (Å²) in [4.78, 5) is 13.0. The van der Waals surface area contributed by atoms with Crippen molar-refractivity contribution in [2.24, 2.45) is 16.1 Å². The molecule has 12 heteroatoms.